The van der Waals surface area contributed by atoms with Crippen LogP contribution in [0.5, 0.6) is 11.5 Å². The van der Waals surface area contributed by atoms with Gasteiger partial charge >= 0.3 is 6.18 Å². The second-order valence-electron chi connectivity index (χ2n) is 7.68. The van der Waals surface area contributed by atoms with E-state index in [1.54, 1.807) is 19.2 Å². The van der Waals surface area contributed by atoms with Gasteiger partial charge in [0.15, 0.2) is 11.5 Å². The Hall–Kier alpha value is -3.04. The minimum atomic E-state index is -4.42. The Kier molecular flexibility index (Phi) is 6.36. The molecule has 2 aromatic carbocycles. The van der Waals surface area contributed by atoms with E-state index >= 15 is 0 Å². The van der Waals surface area contributed by atoms with Crippen molar-refractivity contribution in [3.05, 3.63) is 74.2 Å². The summed E-state index contributed by atoms with van der Waals surface area (Å²) >= 11 is 6.21. The summed E-state index contributed by atoms with van der Waals surface area (Å²) in [6.07, 6.45) is -3.90. The first kappa shape index (κ1) is 23.1. The highest BCUT2D eigenvalue weighted by Crippen LogP contribution is 2.36. The molecule has 3 aromatic rings. The van der Waals surface area contributed by atoms with Crippen LogP contribution in [-0.2, 0) is 25.7 Å². The summed E-state index contributed by atoms with van der Waals surface area (Å²) in [5.74, 6) is 1.36. The molecule has 1 aliphatic rings. The predicted molar refractivity (Wildman–Crippen MR) is 118 cm³/mol. The van der Waals surface area contributed by atoms with Crippen LogP contribution in [0.25, 0.3) is 11.4 Å². The lowest BCUT2D eigenvalue weighted by Crippen LogP contribution is -2.35. The molecule has 1 aromatic heterocycles. The second-order valence-corrected chi connectivity index (χ2v) is 8.11. The van der Waals surface area contributed by atoms with Crippen molar-refractivity contribution < 1.29 is 22.6 Å². The van der Waals surface area contributed by atoms with Crippen molar-refractivity contribution in [1.29, 1.82) is 0 Å². The van der Waals surface area contributed by atoms with Crippen LogP contribution in [0.1, 0.15) is 22.4 Å². The van der Waals surface area contributed by atoms with Crippen LogP contribution < -0.4 is 15.0 Å². The van der Waals surface area contributed by atoms with Gasteiger partial charge in [-0.05, 0) is 18.2 Å². The van der Waals surface area contributed by atoms with Crippen LogP contribution >= 0.6 is 11.6 Å². The summed E-state index contributed by atoms with van der Waals surface area (Å²) in [6, 6.07) is 8.04. The van der Waals surface area contributed by atoms with E-state index in [1.807, 2.05) is 0 Å². The van der Waals surface area contributed by atoms with Crippen molar-refractivity contribution in [2.75, 3.05) is 20.8 Å². The van der Waals surface area contributed by atoms with Gasteiger partial charge in [-0.25, -0.2) is 4.98 Å². The Bertz CT molecular complexity index is 1230. The fraction of sp³-hybridized carbons (Fsp3) is 0.304. The first-order valence-electron chi connectivity index (χ1n) is 10.1. The van der Waals surface area contributed by atoms with Gasteiger partial charge in [-0.3, -0.25) is 9.69 Å². The number of fused-ring (bicyclic) bond motifs is 1. The van der Waals surface area contributed by atoms with Gasteiger partial charge in [0.1, 0.15) is 5.82 Å². The third-order valence-electron chi connectivity index (χ3n) is 5.55. The monoisotopic (exact) mass is 479 g/mol. The zero-order chi connectivity index (χ0) is 23.8. The third kappa shape index (κ3) is 4.84. The zero-order valence-corrected chi connectivity index (χ0v) is 18.7. The molecule has 1 aliphatic heterocycles. The highest BCUT2D eigenvalue weighted by molar-refractivity contribution is 6.30. The highest BCUT2D eigenvalue weighted by Gasteiger charge is 2.30. The second kappa shape index (κ2) is 9.07. The number of H-pyrrole nitrogens is 1. The third-order valence-corrected chi connectivity index (χ3v) is 5.77. The maximum absolute atomic E-state index is 12.8. The summed E-state index contributed by atoms with van der Waals surface area (Å²) in [6.45, 7) is 1.48. The number of halogens is 4. The number of hydrogen-bond donors (Lipinski definition) is 1. The highest BCUT2D eigenvalue weighted by atomic mass is 35.5. The fourth-order valence-corrected chi connectivity index (χ4v) is 4.16. The topological polar surface area (TPSA) is 67.5 Å². The van der Waals surface area contributed by atoms with Crippen molar-refractivity contribution in [2.45, 2.75) is 25.7 Å². The Balaban J connectivity index is 1.58. The predicted octanol–water partition coefficient (Wildman–Crippen LogP) is 4.68. The molecule has 0 unspecified atom stereocenters. The van der Waals surface area contributed by atoms with Crippen LogP contribution in [-0.4, -0.2) is 35.6 Å². The Morgan fingerprint density at radius 1 is 1.15 bits per heavy atom. The molecule has 1 N–H and O–H groups in total. The summed E-state index contributed by atoms with van der Waals surface area (Å²) in [4.78, 5) is 22.1. The summed E-state index contributed by atoms with van der Waals surface area (Å²) in [5.41, 5.74) is 1.35. The normalized spacial score (nSPS) is 14.1. The molecule has 0 atom stereocenters. The van der Waals surface area contributed by atoms with Crippen molar-refractivity contribution >= 4 is 11.6 Å². The number of alkyl halides is 3. The van der Waals surface area contributed by atoms with Gasteiger partial charge in [0, 0.05) is 48.3 Å². The Morgan fingerprint density at radius 3 is 2.52 bits per heavy atom. The number of hydrogen-bond acceptors (Lipinski definition) is 5. The SMILES string of the molecule is COc1cc(Cl)cc(CN2CCc3nc(-c4ccc(C(F)(F)F)cc4)[nH]c(=O)c3C2)c1OC. The summed E-state index contributed by atoms with van der Waals surface area (Å²) in [5, 5.41) is 0.515. The standard InChI is InChI=1S/C23H21ClF3N3O3/c1-32-19-10-16(24)9-14(20(19)33-2)11-30-8-7-18-17(12-30)22(31)29-21(28-18)13-3-5-15(6-4-13)23(25,26)27/h3-6,9-10H,7-8,11-12H2,1-2H3,(H,28,29,31). The largest absolute Gasteiger partial charge is 0.493 e. The van der Waals surface area contributed by atoms with E-state index in [-0.39, 0.29) is 11.4 Å². The van der Waals surface area contributed by atoms with Gasteiger partial charge in [0.25, 0.3) is 5.56 Å². The maximum atomic E-state index is 12.8. The van der Waals surface area contributed by atoms with Crippen LogP contribution in [0.15, 0.2) is 41.2 Å². The number of rotatable bonds is 5. The minimum absolute atomic E-state index is 0.252. The average Bonchev–Trinajstić information content (AvgIpc) is 2.78. The van der Waals surface area contributed by atoms with Gasteiger partial charge in [-0.2, -0.15) is 13.2 Å². The van der Waals surface area contributed by atoms with Gasteiger partial charge < -0.3 is 14.5 Å². The molecule has 10 heteroatoms. The molecular formula is C23H21ClF3N3O3. The Labute approximate surface area is 192 Å². The number of ether oxygens (including phenoxy) is 2. The van der Waals surface area contributed by atoms with Crippen LogP contribution in [0.3, 0.4) is 0 Å². The molecule has 174 valence electrons. The zero-order valence-electron chi connectivity index (χ0n) is 17.9. The molecule has 0 fully saturated rings. The number of benzene rings is 2. The minimum Gasteiger partial charge on any atom is -0.493 e. The number of aromatic amines is 1. The lowest BCUT2D eigenvalue weighted by atomic mass is 10.0. The van der Waals surface area contributed by atoms with E-state index < -0.39 is 11.7 Å². The molecule has 0 aliphatic carbocycles. The summed E-state index contributed by atoms with van der Waals surface area (Å²) < 4.78 is 49.3. The van der Waals surface area contributed by atoms with Crippen molar-refractivity contribution in [1.82, 2.24) is 14.9 Å². The molecule has 0 saturated heterocycles. The fourth-order valence-electron chi connectivity index (χ4n) is 3.93. The van der Waals surface area contributed by atoms with Gasteiger partial charge in [0.05, 0.1) is 31.0 Å². The summed E-state index contributed by atoms with van der Waals surface area (Å²) in [7, 11) is 3.09. The Morgan fingerprint density at radius 2 is 1.88 bits per heavy atom. The molecule has 4 rings (SSSR count). The molecule has 33 heavy (non-hydrogen) atoms. The van der Waals surface area contributed by atoms with Crippen molar-refractivity contribution in [3.63, 3.8) is 0 Å². The average molecular weight is 480 g/mol. The van der Waals surface area contributed by atoms with Crippen molar-refractivity contribution in [3.8, 4) is 22.9 Å². The smallest absolute Gasteiger partial charge is 0.416 e. The first-order chi connectivity index (χ1) is 15.7. The van der Waals surface area contributed by atoms with Crippen LogP contribution in [0.4, 0.5) is 13.2 Å². The van der Waals surface area contributed by atoms with E-state index in [9.17, 15) is 18.0 Å². The molecule has 2 heterocycles. The molecule has 0 amide bonds. The van der Waals surface area contributed by atoms with E-state index in [4.69, 9.17) is 21.1 Å². The van der Waals surface area contributed by atoms with Crippen LogP contribution in [0, 0.1) is 0 Å². The van der Waals surface area contributed by atoms with E-state index in [0.717, 1.165) is 17.7 Å². The van der Waals surface area contributed by atoms with Crippen LogP contribution in [0.2, 0.25) is 5.02 Å². The quantitative estimate of drug-likeness (QED) is 0.575. The number of aromatic nitrogens is 2. The lowest BCUT2D eigenvalue weighted by molar-refractivity contribution is -0.137. The van der Waals surface area contributed by atoms with Gasteiger partial charge in [-0.1, -0.05) is 23.7 Å². The molecular weight excluding hydrogens is 459 g/mol. The lowest BCUT2D eigenvalue weighted by Gasteiger charge is -2.28. The molecule has 0 radical (unpaired) electrons. The molecule has 6 nitrogen and oxygen atoms in total. The molecule has 0 bridgehead atoms. The number of nitrogens with one attached hydrogen (secondary N) is 1. The number of methoxy groups -OCH3 is 2. The molecule has 0 saturated carbocycles. The maximum Gasteiger partial charge on any atom is 0.416 e. The van der Waals surface area contributed by atoms with Crippen molar-refractivity contribution in [2.24, 2.45) is 0 Å². The van der Waals surface area contributed by atoms with Gasteiger partial charge in [0.2, 0.25) is 0 Å². The first-order valence-corrected chi connectivity index (χ1v) is 10.5. The number of nitrogens with zero attached hydrogens (tertiary/aromatic N) is 2. The molecule has 0 spiro atoms. The van der Waals surface area contributed by atoms with E-state index in [0.29, 0.717) is 59.4 Å². The van der Waals surface area contributed by atoms with E-state index in [1.165, 1.54) is 19.2 Å². The van der Waals surface area contributed by atoms with E-state index in [2.05, 4.69) is 14.9 Å². The van der Waals surface area contributed by atoms with Gasteiger partial charge in [-0.15, -0.1) is 0 Å².